The Morgan fingerprint density at radius 1 is 1.21 bits per heavy atom. The molecular formula is C11H16CaO2. The van der Waals surface area contributed by atoms with E-state index in [0.717, 1.165) is 6.42 Å². The molecule has 0 unspecified atom stereocenters. The quantitative estimate of drug-likeness (QED) is 0.440. The molecule has 0 bridgehead atoms. The molecule has 1 aromatic carbocycles. The monoisotopic (exact) mass is 220 g/mol. The van der Waals surface area contributed by atoms with Gasteiger partial charge in [-0.2, -0.15) is 0 Å². The van der Waals surface area contributed by atoms with Crippen LogP contribution in [0.5, 0.6) is 5.75 Å². The summed E-state index contributed by atoms with van der Waals surface area (Å²) in [5.41, 5.74) is 1.25. The predicted molar refractivity (Wildman–Crippen MR) is 60.3 cm³/mol. The normalized spacial score (nSPS) is 9.00. The number of aryl methyl sites for hydroxylation is 1. The molecule has 0 aromatic heterocycles. The van der Waals surface area contributed by atoms with Gasteiger partial charge in [0.1, 0.15) is 5.75 Å². The van der Waals surface area contributed by atoms with E-state index in [1.54, 1.807) is 6.92 Å². The van der Waals surface area contributed by atoms with E-state index in [1.807, 2.05) is 24.3 Å². The van der Waals surface area contributed by atoms with Gasteiger partial charge in [0.05, 0.1) is 0 Å². The molecular weight excluding hydrogens is 204 g/mol. The summed E-state index contributed by atoms with van der Waals surface area (Å²) >= 11 is 0. The van der Waals surface area contributed by atoms with Crippen molar-refractivity contribution in [1.82, 2.24) is 0 Å². The van der Waals surface area contributed by atoms with Crippen LogP contribution in [0.25, 0.3) is 0 Å². The molecule has 1 rings (SSSR count). The van der Waals surface area contributed by atoms with Crippen molar-refractivity contribution in [2.24, 2.45) is 0 Å². The van der Waals surface area contributed by atoms with E-state index in [9.17, 15) is 4.79 Å². The van der Waals surface area contributed by atoms with Crippen LogP contribution in [0.3, 0.4) is 0 Å². The summed E-state index contributed by atoms with van der Waals surface area (Å²) in [4.78, 5) is 10.9. The topological polar surface area (TPSA) is 26.3 Å². The first-order valence-electron chi connectivity index (χ1n) is 4.56. The summed E-state index contributed by atoms with van der Waals surface area (Å²) in [7, 11) is 0. The first kappa shape index (κ1) is 13.9. The van der Waals surface area contributed by atoms with Crippen molar-refractivity contribution in [2.75, 3.05) is 0 Å². The molecule has 0 amide bonds. The zero-order valence-corrected chi connectivity index (χ0v) is 8.04. The average Bonchev–Trinajstić information content (AvgIpc) is 2.19. The van der Waals surface area contributed by atoms with Gasteiger partial charge >= 0.3 is 43.7 Å². The second-order valence-electron chi connectivity index (χ2n) is 2.83. The molecule has 0 spiro atoms. The molecule has 2 nitrogen and oxygen atoms in total. The predicted octanol–water partition coefficient (Wildman–Crippen LogP) is 1.65. The number of carbonyl (C=O) groups excluding carboxylic acids is 1. The molecule has 0 radical (unpaired) electrons. The molecule has 0 saturated carbocycles. The first-order chi connectivity index (χ1) is 6.26. The summed E-state index contributed by atoms with van der Waals surface area (Å²) in [6, 6.07) is 7.59. The van der Waals surface area contributed by atoms with E-state index >= 15 is 0 Å². The number of carbonyl (C=O) groups is 1. The molecule has 0 aliphatic carbocycles. The van der Waals surface area contributed by atoms with Crippen molar-refractivity contribution < 1.29 is 9.53 Å². The Labute approximate surface area is 115 Å². The van der Waals surface area contributed by atoms with Gasteiger partial charge < -0.3 is 4.74 Å². The van der Waals surface area contributed by atoms with Gasteiger partial charge in [0.15, 0.2) is 0 Å². The van der Waals surface area contributed by atoms with E-state index in [1.165, 1.54) is 5.56 Å². The Kier molecular flexibility index (Phi) is 7.24. The fourth-order valence-electron chi connectivity index (χ4n) is 0.997. The average molecular weight is 220 g/mol. The van der Waals surface area contributed by atoms with Gasteiger partial charge in [0, 0.05) is 6.42 Å². The fourth-order valence-corrected chi connectivity index (χ4v) is 0.997. The zero-order valence-electron chi connectivity index (χ0n) is 8.04. The van der Waals surface area contributed by atoms with Crippen molar-refractivity contribution in [1.29, 1.82) is 0 Å². The van der Waals surface area contributed by atoms with E-state index in [0.29, 0.717) is 12.2 Å². The Morgan fingerprint density at radius 2 is 1.79 bits per heavy atom. The van der Waals surface area contributed by atoms with E-state index in [-0.39, 0.29) is 43.7 Å². The van der Waals surface area contributed by atoms with Crippen LogP contribution >= 0.6 is 0 Å². The van der Waals surface area contributed by atoms with Crippen molar-refractivity contribution >= 4 is 43.7 Å². The van der Waals surface area contributed by atoms with E-state index in [2.05, 4.69) is 6.92 Å². The van der Waals surface area contributed by atoms with Crippen LogP contribution < -0.4 is 4.74 Å². The van der Waals surface area contributed by atoms with Crippen LogP contribution in [0.2, 0.25) is 0 Å². The second-order valence-corrected chi connectivity index (χ2v) is 2.83. The number of esters is 1. The maximum absolute atomic E-state index is 10.9. The summed E-state index contributed by atoms with van der Waals surface area (Å²) in [5.74, 6) is 0.438. The zero-order chi connectivity index (χ0) is 9.68. The fraction of sp³-hybridized carbons (Fsp3) is 0.364. The molecule has 0 aliphatic rings. The molecule has 14 heavy (non-hydrogen) atoms. The number of rotatable bonds is 3. The molecule has 0 saturated heterocycles. The number of hydrogen-bond donors (Lipinski definition) is 0. The third-order valence-electron chi connectivity index (χ3n) is 1.85. The van der Waals surface area contributed by atoms with Gasteiger partial charge in [-0.15, -0.1) is 0 Å². The molecule has 0 fully saturated rings. The van der Waals surface area contributed by atoms with Crippen LogP contribution in [-0.2, 0) is 11.2 Å². The van der Waals surface area contributed by atoms with Gasteiger partial charge in [0.25, 0.3) is 0 Å². The molecule has 0 N–H and O–H groups in total. The summed E-state index contributed by atoms with van der Waals surface area (Å²) in [6.07, 6.45) is 1.41. The molecule has 1 aromatic rings. The van der Waals surface area contributed by atoms with Crippen molar-refractivity contribution in [2.45, 2.75) is 26.7 Å². The van der Waals surface area contributed by atoms with Crippen LogP contribution in [0.15, 0.2) is 24.3 Å². The van der Waals surface area contributed by atoms with Crippen molar-refractivity contribution in [3.05, 3.63) is 29.8 Å². The Morgan fingerprint density at radius 3 is 2.21 bits per heavy atom. The Hall–Kier alpha value is -0.0503. The molecule has 3 heteroatoms. The molecule has 0 atom stereocenters. The first-order valence-corrected chi connectivity index (χ1v) is 4.56. The van der Waals surface area contributed by atoms with Gasteiger partial charge in [0.2, 0.25) is 0 Å². The summed E-state index contributed by atoms with van der Waals surface area (Å²) in [6.45, 7) is 3.87. The van der Waals surface area contributed by atoms with E-state index in [4.69, 9.17) is 4.74 Å². The third-order valence-corrected chi connectivity index (χ3v) is 1.85. The summed E-state index contributed by atoms with van der Waals surface area (Å²) in [5, 5.41) is 0. The van der Waals surface area contributed by atoms with Gasteiger partial charge in [-0.05, 0) is 24.1 Å². The molecule has 74 valence electrons. The van der Waals surface area contributed by atoms with Crippen molar-refractivity contribution in [3.8, 4) is 5.75 Å². The Bertz CT molecular complexity index is 280. The number of hydrogen-bond acceptors (Lipinski definition) is 2. The van der Waals surface area contributed by atoms with Crippen LogP contribution in [-0.4, -0.2) is 43.7 Å². The minimum absolute atomic E-state index is 0. The van der Waals surface area contributed by atoms with Gasteiger partial charge in [-0.3, -0.25) is 4.79 Å². The van der Waals surface area contributed by atoms with Crippen LogP contribution in [0.1, 0.15) is 25.8 Å². The second kappa shape index (κ2) is 7.27. The standard InChI is InChI=1S/C11H14O2.Ca.2H/c1-3-9-5-7-10(8-6-9)13-11(12)4-2;;;/h5-8H,3-4H2,1-2H3;;;. The maximum atomic E-state index is 10.9. The third kappa shape index (κ3) is 4.45. The van der Waals surface area contributed by atoms with Gasteiger partial charge in [-0.1, -0.05) is 26.0 Å². The number of ether oxygens (including phenoxy) is 1. The van der Waals surface area contributed by atoms with Crippen LogP contribution in [0.4, 0.5) is 0 Å². The summed E-state index contributed by atoms with van der Waals surface area (Å²) < 4.78 is 5.02. The van der Waals surface area contributed by atoms with Gasteiger partial charge in [-0.25, -0.2) is 0 Å². The van der Waals surface area contributed by atoms with E-state index < -0.39 is 0 Å². The number of benzene rings is 1. The Balaban J connectivity index is 0.00000169. The van der Waals surface area contributed by atoms with Crippen LogP contribution in [0, 0.1) is 0 Å². The molecule has 0 aliphatic heterocycles. The van der Waals surface area contributed by atoms with Crippen molar-refractivity contribution in [3.63, 3.8) is 0 Å². The minimum atomic E-state index is -0.191. The molecule has 0 heterocycles. The SMILES string of the molecule is CCC(=O)Oc1ccc(CC)cc1.[CaH2].